The van der Waals surface area contributed by atoms with Crippen LogP contribution >= 0.6 is 15.9 Å². The quantitative estimate of drug-likeness (QED) is 0.742. The zero-order chi connectivity index (χ0) is 14.8. The number of aromatic nitrogens is 1. The number of rotatable bonds is 3. The molecule has 1 atom stereocenters. The summed E-state index contributed by atoms with van der Waals surface area (Å²) in [6, 6.07) is 15.9. The van der Waals surface area contributed by atoms with Crippen LogP contribution in [0.1, 0.15) is 18.7 Å². The number of pyridine rings is 1. The van der Waals surface area contributed by atoms with E-state index in [-0.39, 0.29) is 6.04 Å². The molecule has 0 aliphatic heterocycles. The van der Waals surface area contributed by atoms with E-state index in [1.807, 2.05) is 43.3 Å². The van der Waals surface area contributed by atoms with Gasteiger partial charge in [0, 0.05) is 10.5 Å². The van der Waals surface area contributed by atoms with Crippen molar-refractivity contribution in [2.75, 3.05) is 0 Å². The lowest BCUT2D eigenvalue weighted by molar-refractivity contribution is 0.480. The number of benzene rings is 2. The summed E-state index contributed by atoms with van der Waals surface area (Å²) in [5.74, 6) is 1.50. The first kappa shape index (κ1) is 14.0. The largest absolute Gasteiger partial charge is 0.456 e. The predicted octanol–water partition coefficient (Wildman–Crippen LogP) is 4.81. The highest BCUT2D eigenvalue weighted by atomic mass is 79.9. The molecule has 4 heteroatoms. The Hall–Kier alpha value is -1.91. The molecule has 0 saturated carbocycles. The Morgan fingerprint density at radius 2 is 1.71 bits per heavy atom. The van der Waals surface area contributed by atoms with Gasteiger partial charge in [0.05, 0.1) is 11.9 Å². The van der Waals surface area contributed by atoms with E-state index in [4.69, 9.17) is 10.5 Å². The predicted molar refractivity (Wildman–Crippen MR) is 88.6 cm³/mol. The van der Waals surface area contributed by atoms with Crippen molar-refractivity contribution in [3.8, 4) is 11.5 Å². The summed E-state index contributed by atoms with van der Waals surface area (Å²) in [5.41, 5.74) is 6.64. The van der Waals surface area contributed by atoms with Crippen molar-refractivity contribution in [1.82, 2.24) is 4.98 Å². The second-order valence-electron chi connectivity index (χ2n) is 4.96. The van der Waals surface area contributed by atoms with Gasteiger partial charge < -0.3 is 10.5 Å². The Labute approximate surface area is 131 Å². The van der Waals surface area contributed by atoms with Crippen LogP contribution in [-0.4, -0.2) is 4.98 Å². The average Bonchev–Trinajstić information content (AvgIpc) is 2.48. The molecule has 0 unspecified atom stereocenters. The van der Waals surface area contributed by atoms with Gasteiger partial charge in [-0.3, -0.25) is 4.98 Å². The molecular weight excluding hydrogens is 328 g/mol. The fourth-order valence-corrected chi connectivity index (χ4v) is 2.49. The van der Waals surface area contributed by atoms with Gasteiger partial charge >= 0.3 is 0 Å². The molecule has 0 amide bonds. The third-order valence-corrected chi connectivity index (χ3v) is 3.73. The minimum atomic E-state index is -0.0711. The lowest BCUT2D eigenvalue weighted by atomic mass is 10.1. The van der Waals surface area contributed by atoms with Crippen LogP contribution in [0.4, 0.5) is 0 Å². The van der Waals surface area contributed by atoms with Crippen LogP contribution in [0.15, 0.2) is 59.2 Å². The van der Waals surface area contributed by atoms with E-state index >= 15 is 0 Å². The summed E-state index contributed by atoms with van der Waals surface area (Å²) in [5, 5.41) is 2.30. The lowest BCUT2D eigenvalue weighted by Gasteiger charge is -2.09. The van der Waals surface area contributed by atoms with Crippen LogP contribution in [-0.2, 0) is 0 Å². The molecular formula is C17H15BrN2O. The minimum absolute atomic E-state index is 0.0711. The fraction of sp³-hybridized carbons (Fsp3) is 0.118. The molecule has 0 aliphatic rings. The van der Waals surface area contributed by atoms with E-state index in [2.05, 4.69) is 33.0 Å². The smallest absolute Gasteiger partial charge is 0.145 e. The Kier molecular flexibility index (Phi) is 3.90. The number of ether oxygens (including phenoxy) is 1. The van der Waals surface area contributed by atoms with Gasteiger partial charge in [0.25, 0.3) is 0 Å². The Bertz CT molecular complexity index is 769. The molecule has 3 aromatic rings. The zero-order valence-electron chi connectivity index (χ0n) is 11.6. The van der Waals surface area contributed by atoms with Crippen molar-refractivity contribution in [1.29, 1.82) is 0 Å². The lowest BCUT2D eigenvalue weighted by Crippen LogP contribution is -2.06. The SMILES string of the molecule is C[C@@H](N)c1ccc(Oc2ccc3cc(Br)ccc3c2)cn1. The first-order valence-corrected chi connectivity index (χ1v) is 7.50. The second-order valence-corrected chi connectivity index (χ2v) is 5.88. The van der Waals surface area contributed by atoms with Crippen LogP contribution < -0.4 is 10.5 Å². The van der Waals surface area contributed by atoms with E-state index in [0.29, 0.717) is 5.75 Å². The van der Waals surface area contributed by atoms with Crippen molar-refractivity contribution < 1.29 is 4.74 Å². The molecule has 3 rings (SSSR count). The highest BCUT2D eigenvalue weighted by molar-refractivity contribution is 9.10. The van der Waals surface area contributed by atoms with Crippen LogP contribution in [0.5, 0.6) is 11.5 Å². The van der Waals surface area contributed by atoms with Gasteiger partial charge in [0.15, 0.2) is 0 Å². The molecule has 0 aliphatic carbocycles. The topological polar surface area (TPSA) is 48.1 Å². The fourth-order valence-electron chi connectivity index (χ4n) is 2.12. The number of fused-ring (bicyclic) bond motifs is 1. The highest BCUT2D eigenvalue weighted by Gasteiger charge is 2.03. The molecule has 21 heavy (non-hydrogen) atoms. The summed E-state index contributed by atoms with van der Waals surface area (Å²) in [6.07, 6.45) is 1.70. The molecule has 2 aromatic carbocycles. The number of hydrogen-bond acceptors (Lipinski definition) is 3. The van der Waals surface area contributed by atoms with Crippen LogP contribution in [0.3, 0.4) is 0 Å². The van der Waals surface area contributed by atoms with Gasteiger partial charge in [-0.2, -0.15) is 0 Å². The van der Waals surface area contributed by atoms with E-state index in [1.165, 1.54) is 5.39 Å². The molecule has 1 aromatic heterocycles. The molecule has 0 fully saturated rings. The monoisotopic (exact) mass is 342 g/mol. The van der Waals surface area contributed by atoms with Gasteiger partial charge in [-0.15, -0.1) is 0 Å². The summed E-state index contributed by atoms with van der Waals surface area (Å²) >= 11 is 3.47. The van der Waals surface area contributed by atoms with Gasteiger partial charge in [0.2, 0.25) is 0 Å². The van der Waals surface area contributed by atoms with Crippen molar-refractivity contribution in [2.24, 2.45) is 5.73 Å². The summed E-state index contributed by atoms with van der Waals surface area (Å²) in [7, 11) is 0. The molecule has 0 bridgehead atoms. The maximum atomic E-state index is 5.84. The summed E-state index contributed by atoms with van der Waals surface area (Å²) in [4.78, 5) is 4.29. The van der Waals surface area contributed by atoms with Crippen molar-refractivity contribution in [3.05, 3.63) is 64.9 Å². The van der Waals surface area contributed by atoms with Crippen molar-refractivity contribution >= 4 is 26.7 Å². The van der Waals surface area contributed by atoms with Gasteiger partial charge in [-0.25, -0.2) is 0 Å². The van der Waals surface area contributed by atoms with E-state index in [1.54, 1.807) is 6.20 Å². The van der Waals surface area contributed by atoms with Crippen molar-refractivity contribution in [2.45, 2.75) is 13.0 Å². The summed E-state index contributed by atoms with van der Waals surface area (Å²) < 4.78 is 6.91. The maximum Gasteiger partial charge on any atom is 0.145 e. The number of hydrogen-bond donors (Lipinski definition) is 1. The number of halogens is 1. The standard InChI is InChI=1S/C17H15BrN2O/c1-11(19)17-7-6-16(10-20-17)21-15-5-3-12-8-14(18)4-2-13(12)9-15/h2-11H,19H2,1H3/t11-/m1/s1. The number of nitrogens with zero attached hydrogens (tertiary/aromatic N) is 1. The molecule has 0 saturated heterocycles. The molecule has 0 radical (unpaired) electrons. The van der Waals surface area contributed by atoms with Crippen LogP contribution in [0.2, 0.25) is 0 Å². The Morgan fingerprint density at radius 3 is 2.43 bits per heavy atom. The van der Waals surface area contributed by atoms with E-state index < -0.39 is 0 Å². The Balaban J connectivity index is 1.85. The highest BCUT2D eigenvalue weighted by Crippen LogP contribution is 2.27. The summed E-state index contributed by atoms with van der Waals surface area (Å²) in [6.45, 7) is 1.91. The second kappa shape index (κ2) is 5.84. The number of nitrogens with two attached hydrogens (primary N) is 1. The normalized spacial score (nSPS) is 12.3. The zero-order valence-corrected chi connectivity index (χ0v) is 13.2. The first-order chi connectivity index (χ1) is 10.1. The van der Waals surface area contributed by atoms with Crippen LogP contribution in [0.25, 0.3) is 10.8 Å². The molecule has 0 spiro atoms. The van der Waals surface area contributed by atoms with E-state index in [0.717, 1.165) is 21.3 Å². The first-order valence-electron chi connectivity index (χ1n) is 6.70. The van der Waals surface area contributed by atoms with Gasteiger partial charge in [0.1, 0.15) is 11.5 Å². The maximum absolute atomic E-state index is 5.84. The van der Waals surface area contributed by atoms with Crippen molar-refractivity contribution in [3.63, 3.8) is 0 Å². The molecule has 106 valence electrons. The third-order valence-electron chi connectivity index (χ3n) is 3.24. The molecule has 3 nitrogen and oxygen atoms in total. The van der Waals surface area contributed by atoms with Crippen LogP contribution in [0, 0.1) is 0 Å². The van der Waals surface area contributed by atoms with E-state index in [9.17, 15) is 0 Å². The average molecular weight is 343 g/mol. The minimum Gasteiger partial charge on any atom is -0.456 e. The molecule has 1 heterocycles. The van der Waals surface area contributed by atoms with Gasteiger partial charge in [-0.1, -0.05) is 28.1 Å². The third kappa shape index (κ3) is 3.23. The van der Waals surface area contributed by atoms with Gasteiger partial charge in [-0.05, 0) is 54.1 Å². The Morgan fingerprint density at radius 1 is 1.00 bits per heavy atom. The molecule has 2 N–H and O–H groups in total.